The van der Waals surface area contributed by atoms with E-state index in [4.69, 9.17) is 11.6 Å². The monoisotopic (exact) mass is 325 g/mol. The molecule has 20 heavy (non-hydrogen) atoms. The molecule has 0 spiro atoms. The molecule has 3 nitrogen and oxygen atoms in total. The van der Waals surface area contributed by atoms with E-state index in [1.807, 2.05) is 36.0 Å². The molecule has 0 radical (unpaired) electrons. The van der Waals surface area contributed by atoms with Crippen molar-refractivity contribution in [1.82, 2.24) is 10.2 Å². The third kappa shape index (κ3) is 2.80. The molecule has 1 aliphatic carbocycles. The largest absolute Gasteiger partial charge is 0.359 e. The van der Waals surface area contributed by atoms with Gasteiger partial charge in [-0.05, 0) is 25.2 Å². The fourth-order valence-electron chi connectivity index (χ4n) is 2.30. The zero-order valence-electron chi connectivity index (χ0n) is 11.2. The van der Waals surface area contributed by atoms with Gasteiger partial charge in [-0.25, -0.2) is 0 Å². The van der Waals surface area contributed by atoms with Gasteiger partial charge in [-0.3, -0.25) is 0 Å². The van der Waals surface area contributed by atoms with Crippen molar-refractivity contribution in [2.24, 2.45) is 0 Å². The molecule has 0 amide bonds. The molecule has 3 rings (SSSR count). The molecule has 0 aliphatic heterocycles. The van der Waals surface area contributed by atoms with E-state index in [0.717, 1.165) is 27.3 Å². The standard InChI is InChI=1S/C14H16ClN3S2/c1-19-14(7-4-8-14)9-16-13-18-17-12(20-13)10-5-2-3-6-11(10)15/h2-3,5-6H,4,7-9H2,1H3,(H,16,18). The predicted octanol–water partition coefficient (Wildman–Crippen LogP) is 4.56. The minimum absolute atomic E-state index is 0.399. The Bertz CT molecular complexity index is 590. The van der Waals surface area contributed by atoms with Gasteiger partial charge in [0.2, 0.25) is 5.13 Å². The van der Waals surface area contributed by atoms with Gasteiger partial charge in [0.15, 0.2) is 5.01 Å². The number of hydrogen-bond donors (Lipinski definition) is 1. The van der Waals surface area contributed by atoms with Crippen molar-refractivity contribution in [1.29, 1.82) is 0 Å². The summed E-state index contributed by atoms with van der Waals surface area (Å²) >= 11 is 9.70. The first-order valence-electron chi connectivity index (χ1n) is 6.60. The topological polar surface area (TPSA) is 37.8 Å². The predicted molar refractivity (Wildman–Crippen MR) is 88.9 cm³/mol. The second kappa shape index (κ2) is 5.92. The minimum Gasteiger partial charge on any atom is -0.359 e. The molecule has 1 fully saturated rings. The Morgan fingerprint density at radius 3 is 2.80 bits per heavy atom. The summed E-state index contributed by atoms with van der Waals surface area (Å²) in [5.41, 5.74) is 0.947. The number of aromatic nitrogens is 2. The number of hydrogen-bond acceptors (Lipinski definition) is 5. The van der Waals surface area contributed by atoms with Crippen molar-refractivity contribution in [2.75, 3.05) is 18.1 Å². The highest BCUT2D eigenvalue weighted by atomic mass is 35.5. The Morgan fingerprint density at radius 2 is 2.15 bits per heavy atom. The zero-order chi connectivity index (χ0) is 14.0. The van der Waals surface area contributed by atoms with Gasteiger partial charge in [0.1, 0.15) is 0 Å². The van der Waals surface area contributed by atoms with Crippen LogP contribution in [0.2, 0.25) is 5.02 Å². The summed E-state index contributed by atoms with van der Waals surface area (Å²) in [7, 11) is 0. The fraction of sp³-hybridized carbons (Fsp3) is 0.429. The van der Waals surface area contributed by atoms with E-state index in [9.17, 15) is 0 Å². The van der Waals surface area contributed by atoms with Gasteiger partial charge in [-0.15, -0.1) is 10.2 Å². The van der Waals surface area contributed by atoms with Gasteiger partial charge in [0, 0.05) is 16.9 Å². The van der Waals surface area contributed by atoms with Crippen LogP contribution in [0, 0.1) is 0 Å². The highest BCUT2D eigenvalue weighted by molar-refractivity contribution is 8.00. The van der Waals surface area contributed by atoms with Crippen LogP contribution >= 0.6 is 34.7 Å². The van der Waals surface area contributed by atoms with Gasteiger partial charge < -0.3 is 5.32 Å². The Kier molecular flexibility index (Phi) is 4.19. The smallest absolute Gasteiger partial charge is 0.206 e. The second-order valence-corrected chi connectivity index (χ2v) is 7.65. The number of thioether (sulfide) groups is 1. The zero-order valence-corrected chi connectivity index (χ0v) is 13.6. The van der Waals surface area contributed by atoms with Gasteiger partial charge in [0.25, 0.3) is 0 Å². The number of anilines is 1. The summed E-state index contributed by atoms with van der Waals surface area (Å²) in [5, 5.41) is 14.3. The Morgan fingerprint density at radius 1 is 1.35 bits per heavy atom. The second-order valence-electron chi connectivity index (χ2n) is 4.99. The van der Waals surface area contributed by atoms with Crippen LogP contribution in [0.15, 0.2) is 24.3 Å². The van der Waals surface area contributed by atoms with Crippen LogP contribution in [-0.4, -0.2) is 27.7 Å². The van der Waals surface area contributed by atoms with Crippen LogP contribution in [0.1, 0.15) is 19.3 Å². The lowest BCUT2D eigenvalue weighted by Gasteiger charge is -2.40. The van der Waals surface area contributed by atoms with Gasteiger partial charge in [0.05, 0.1) is 5.02 Å². The lowest BCUT2D eigenvalue weighted by Crippen LogP contribution is -2.40. The lowest BCUT2D eigenvalue weighted by molar-refractivity contribution is 0.380. The quantitative estimate of drug-likeness (QED) is 0.874. The van der Waals surface area contributed by atoms with E-state index in [2.05, 4.69) is 21.8 Å². The number of nitrogens with zero attached hydrogens (tertiary/aromatic N) is 2. The molecule has 1 aromatic carbocycles. The van der Waals surface area contributed by atoms with Crippen molar-refractivity contribution in [3.05, 3.63) is 29.3 Å². The van der Waals surface area contributed by atoms with Crippen molar-refractivity contribution in [3.63, 3.8) is 0 Å². The van der Waals surface area contributed by atoms with E-state index in [1.54, 1.807) is 11.3 Å². The normalized spacial score (nSPS) is 16.7. The molecule has 1 aromatic heterocycles. The Hall–Kier alpha value is -0.780. The summed E-state index contributed by atoms with van der Waals surface area (Å²) in [5.74, 6) is 0. The van der Waals surface area contributed by atoms with E-state index >= 15 is 0 Å². The molecule has 2 aromatic rings. The number of rotatable bonds is 5. The van der Waals surface area contributed by atoms with Gasteiger partial charge in [-0.2, -0.15) is 11.8 Å². The molecule has 1 saturated carbocycles. The average molecular weight is 326 g/mol. The maximum atomic E-state index is 6.19. The third-order valence-corrected chi connectivity index (χ3v) is 6.45. The van der Waals surface area contributed by atoms with Crippen LogP contribution in [-0.2, 0) is 0 Å². The molecule has 0 saturated heterocycles. The molecule has 1 heterocycles. The van der Waals surface area contributed by atoms with Crippen molar-refractivity contribution >= 4 is 39.8 Å². The van der Waals surface area contributed by atoms with Gasteiger partial charge >= 0.3 is 0 Å². The maximum absolute atomic E-state index is 6.19. The van der Waals surface area contributed by atoms with E-state index in [-0.39, 0.29) is 0 Å². The van der Waals surface area contributed by atoms with Crippen LogP contribution in [0.3, 0.4) is 0 Å². The molecule has 106 valence electrons. The maximum Gasteiger partial charge on any atom is 0.206 e. The van der Waals surface area contributed by atoms with Crippen LogP contribution in [0.4, 0.5) is 5.13 Å². The molecule has 0 bridgehead atoms. The summed E-state index contributed by atoms with van der Waals surface area (Å²) in [6, 6.07) is 7.74. The van der Waals surface area contributed by atoms with Crippen LogP contribution in [0.5, 0.6) is 0 Å². The SMILES string of the molecule is CSC1(CNc2nnc(-c3ccccc3Cl)s2)CCC1. The number of benzene rings is 1. The molecule has 1 aliphatic rings. The van der Waals surface area contributed by atoms with E-state index in [0.29, 0.717) is 4.75 Å². The summed E-state index contributed by atoms with van der Waals surface area (Å²) in [6.45, 7) is 0.964. The number of halogens is 1. The average Bonchev–Trinajstić information content (AvgIpc) is 2.87. The first-order chi connectivity index (χ1) is 9.72. The van der Waals surface area contributed by atoms with Gasteiger partial charge in [-0.1, -0.05) is 47.6 Å². The first kappa shape index (κ1) is 14.2. The first-order valence-corrected chi connectivity index (χ1v) is 9.02. The highest BCUT2D eigenvalue weighted by Crippen LogP contribution is 2.43. The van der Waals surface area contributed by atoms with Crippen molar-refractivity contribution < 1.29 is 0 Å². The molecule has 0 atom stereocenters. The minimum atomic E-state index is 0.399. The fourth-order valence-corrected chi connectivity index (χ4v) is 4.27. The lowest BCUT2D eigenvalue weighted by atomic mass is 9.84. The summed E-state index contributed by atoms with van der Waals surface area (Å²) in [6.07, 6.45) is 6.11. The van der Waals surface area contributed by atoms with E-state index in [1.165, 1.54) is 19.3 Å². The van der Waals surface area contributed by atoms with E-state index < -0.39 is 0 Å². The summed E-state index contributed by atoms with van der Waals surface area (Å²) in [4.78, 5) is 0. The molecular formula is C14H16ClN3S2. The van der Waals surface area contributed by atoms with Crippen molar-refractivity contribution in [3.8, 4) is 10.6 Å². The molecular weight excluding hydrogens is 310 g/mol. The third-order valence-electron chi connectivity index (χ3n) is 3.79. The molecule has 0 unspecified atom stereocenters. The van der Waals surface area contributed by atoms with Crippen molar-refractivity contribution in [2.45, 2.75) is 24.0 Å². The Balaban J connectivity index is 1.70. The highest BCUT2D eigenvalue weighted by Gasteiger charge is 2.36. The molecule has 6 heteroatoms. The van der Waals surface area contributed by atoms with Crippen LogP contribution in [0.25, 0.3) is 10.6 Å². The van der Waals surface area contributed by atoms with Crippen LogP contribution < -0.4 is 5.32 Å². The molecule has 1 N–H and O–H groups in total. The summed E-state index contributed by atoms with van der Waals surface area (Å²) < 4.78 is 0.399. The number of nitrogens with one attached hydrogen (secondary N) is 1. The Labute approximate surface area is 132 Å².